The summed E-state index contributed by atoms with van der Waals surface area (Å²) < 4.78 is 10.8. The number of rotatable bonds is 5. The van der Waals surface area contributed by atoms with E-state index < -0.39 is 0 Å². The van der Waals surface area contributed by atoms with Crippen molar-refractivity contribution in [2.45, 2.75) is 47.5 Å². The summed E-state index contributed by atoms with van der Waals surface area (Å²) in [6, 6.07) is 27.1. The quantitative estimate of drug-likeness (QED) is 0.215. The molecule has 3 aromatic heterocycles. The predicted molar refractivity (Wildman–Crippen MR) is 172 cm³/mol. The summed E-state index contributed by atoms with van der Waals surface area (Å²) in [6.07, 6.45) is 6.42. The lowest BCUT2D eigenvalue weighted by Crippen LogP contribution is -2.02. The molecule has 0 saturated heterocycles. The molecular formula is C37H34N4O. The maximum absolute atomic E-state index is 6.49. The Morgan fingerprint density at radius 1 is 0.762 bits per heavy atom. The average Bonchev–Trinajstić information content (AvgIpc) is 3.46. The van der Waals surface area contributed by atoms with Gasteiger partial charge in [-0.15, -0.1) is 0 Å². The van der Waals surface area contributed by atoms with E-state index in [-0.39, 0.29) is 0 Å². The first-order valence-corrected chi connectivity index (χ1v) is 14.6. The van der Waals surface area contributed by atoms with Crippen molar-refractivity contribution >= 4 is 27.4 Å². The molecule has 42 heavy (non-hydrogen) atoms. The second-order valence-corrected chi connectivity index (χ2v) is 11.4. The molecule has 0 fully saturated rings. The molecule has 1 aliphatic carbocycles. The summed E-state index contributed by atoms with van der Waals surface area (Å²) in [4.78, 5) is 4.71. The normalized spacial score (nSPS) is 13.7. The molecule has 0 bridgehead atoms. The fourth-order valence-corrected chi connectivity index (χ4v) is 6.45. The van der Waals surface area contributed by atoms with Gasteiger partial charge in [0.05, 0.1) is 22.4 Å². The van der Waals surface area contributed by atoms with Crippen molar-refractivity contribution in [3.63, 3.8) is 0 Å². The topological polar surface area (TPSA) is 44.9 Å². The molecule has 0 unspecified atom stereocenters. The molecular weight excluding hydrogens is 516 g/mol. The van der Waals surface area contributed by atoms with Crippen LogP contribution in [0, 0.1) is 20.8 Å². The first-order chi connectivity index (χ1) is 20.4. The van der Waals surface area contributed by atoms with E-state index in [4.69, 9.17) is 14.8 Å². The van der Waals surface area contributed by atoms with Crippen LogP contribution in [0.1, 0.15) is 49.2 Å². The van der Waals surface area contributed by atoms with Gasteiger partial charge >= 0.3 is 0 Å². The van der Waals surface area contributed by atoms with Crippen molar-refractivity contribution in [2.24, 2.45) is 0 Å². The zero-order valence-corrected chi connectivity index (χ0v) is 24.8. The van der Waals surface area contributed by atoms with E-state index in [2.05, 4.69) is 99.9 Å². The standard InChI is InChI=1S/C37H34N4O/c1-23-18-19-38-35(20-23)40-33-15-7-6-14-31(33)32-17-16-30(22-34(32)40)42-29-13-9-12-28(21-29)41-27(5)37(26(4)39-41)36-24(2)10-8-11-25(36)3/h6-7,9-10,12-22H,8,11H2,1-5H3. The average molecular weight is 551 g/mol. The van der Waals surface area contributed by atoms with E-state index >= 15 is 0 Å². The minimum absolute atomic E-state index is 0.765. The van der Waals surface area contributed by atoms with Gasteiger partial charge in [0, 0.05) is 40.4 Å². The van der Waals surface area contributed by atoms with E-state index in [0.29, 0.717) is 0 Å². The molecule has 0 amide bonds. The number of pyridine rings is 1. The second kappa shape index (κ2) is 10.2. The molecule has 3 heterocycles. The number of allylic oxidation sites excluding steroid dienone is 4. The van der Waals surface area contributed by atoms with Gasteiger partial charge in [-0.3, -0.25) is 4.57 Å². The number of hydrogen-bond acceptors (Lipinski definition) is 3. The van der Waals surface area contributed by atoms with Crippen LogP contribution >= 0.6 is 0 Å². The van der Waals surface area contributed by atoms with E-state index in [9.17, 15) is 0 Å². The number of nitrogens with zero attached hydrogens (tertiary/aromatic N) is 4. The van der Waals surface area contributed by atoms with Gasteiger partial charge in [0.25, 0.3) is 0 Å². The first-order valence-electron chi connectivity index (χ1n) is 14.6. The van der Waals surface area contributed by atoms with E-state index in [1.165, 1.54) is 38.6 Å². The van der Waals surface area contributed by atoms with Gasteiger partial charge < -0.3 is 4.74 Å². The lowest BCUT2D eigenvalue weighted by atomic mass is 9.87. The molecule has 3 aromatic carbocycles. The van der Waals surface area contributed by atoms with Crippen LogP contribution in [0.2, 0.25) is 0 Å². The van der Waals surface area contributed by atoms with Crippen LogP contribution in [0.15, 0.2) is 102 Å². The lowest BCUT2D eigenvalue weighted by Gasteiger charge is -2.18. The lowest BCUT2D eigenvalue weighted by molar-refractivity contribution is 0.482. The highest BCUT2D eigenvalue weighted by Gasteiger charge is 2.21. The molecule has 1 aliphatic rings. The fourth-order valence-electron chi connectivity index (χ4n) is 6.45. The third-order valence-corrected chi connectivity index (χ3v) is 8.41. The second-order valence-electron chi connectivity index (χ2n) is 11.4. The van der Waals surface area contributed by atoms with Gasteiger partial charge in [0.15, 0.2) is 0 Å². The number of fused-ring (bicyclic) bond motifs is 3. The number of aromatic nitrogens is 4. The van der Waals surface area contributed by atoms with E-state index in [1.54, 1.807) is 0 Å². The van der Waals surface area contributed by atoms with Crippen LogP contribution in [0.3, 0.4) is 0 Å². The summed E-state index contributed by atoms with van der Waals surface area (Å²) in [5.41, 5.74) is 11.9. The van der Waals surface area contributed by atoms with Gasteiger partial charge in [0.1, 0.15) is 17.3 Å². The molecule has 5 nitrogen and oxygen atoms in total. The van der Waals surface area contributed by atoms with Crippen LogP contribution in [-0.2, 0) is 0 Å². The van der Waals surface area contributed by atoms with Crippen molar-refractivity contribution in [3.05, 3.63) is 125 Å². The van der Waals surface area contributed by atoms with Gasteiger partial charge in [-0.2, -0.15) is 5.10 Å². The highest BCUT2D eigenvalue weighted by molar-refractivity contribution is 6.09. The molecule has 0 radical (unpaired) electrons. The van der Waals surface area contributed by atoms with Gasteiger partial charge in [0.2, 0.25) is 0 Å². The minimum atomic E-state index is 0.765. The number of benzene rings is 3. The summed E-state index contributed by atoms with van der Waals surface area (Å²) in [5.74, 6) is 2.43. The highest BCUT2D eigenvalue weighted by atomic mass is 16.5. The van der Waals surface area contributed by atoms with Crippen molar-refractivity contribution < 1.29 is 4.74 Å². The van der Waals surface area contributed by atoms with Crippen LogP contribution < -0.4 is 4.74 Å². The van der Waals surface area contributed by atoms with Crippen molar-refractivity contribution in [3.8, 4) is 23.0 Å². The van der Waals surface area contributed by atoms with Crippen LogP contribution in [-0.4, -0.2) is 19.3 Å². The SMILES string of the molecule is CC1=CCCC(C)=C1c1c(C)nn(-c2cccc(Oc3ccc4c5ccccc5n(-c5cc(C)ccn5)c4c3)c2)c1C. The minimum Gasteiger partial charge on any atom is -0.457 e. The Bertz CT molecular complexity index is 2070. The molecule has 5 heteroatoms. The fraction of sp³-hybridized carbons (Fsp3) is 0.189. The Labute approximate surface area is 246 Å². The van der Waals surface area contributed by atoms with Crippen molar-refractivity contribution in [1.82, 2.24) is 19.3 Å². The summed E-state index contributed by atoms with van der Waals surface area (Å²) >= 11 is 0. The predicted octanol–water partition coefficient (Wildman–Crippen LogP) is 9.60. The number of ether oxygens (including phenoxy) is 1. The zero-order chi connectivity index (χ0) is 29.0. The Morgan fingerprint density at radius 3 is 2.40 bits per heavy atom. The number of aryl methyl sites for hydroxylation is 2. The third-order valence-electron chi connectivity index (χ3n) is 8.41. The maximum atomic E-state index is 6.49. The Balaban J connectivity index is 1.28. The zero-order valence-electron chi connectivity index (χ0n) is 24.8. The third kappa shape index (κ3) is 4.33. The van der Waals surface area contributed by atoms with Crippen molar-refractivity contribution in [1.29, 1.82) is 0 Å². The van der Waals surface area contributed by atoms with E-state index in [1.807, 2.05) is 35.1 Å². The number of para-hydroxylation sites is 1. The molecule has 7 rings (SSSR count). The summed E-state index contributed by atoms with van der Waals surface area (Å²) in [6.45, 7) is 10.8. The van der Waals surface area contributed by atoms with Crippen LogP contribution in [0.4, 0.5) is 0 Å². The summed E-state index contributed by atoms with van der Waals surface area (Å²) in [5, 5.41) is 7.34. The first kappa shape index (κ1) is 26.0. The molecule has 0 saturated carbocycles. The molecule has 0 N–H and O–H groups in total. The summed E-state index contributed by atoms with van der Waals surface area (Å²) in [7, 11) is 0. The molecule has 0 spiro atoms. The van der Waals surface area contributed by atoms with Gasteiger partial charge in [-0.05, 0) is 107 Å². The largest absolute Gasteiger partial charge is 0.457 e. The molecule has 6 aromatic rings. The monoisotopic (exact) mass is 550 g/mol. The Hall–Kier alpha value is -4.90. The van der Waals surface area contributed by atoms with Crippen LogP contribution in [0.5, 0.6) is 11.5 Å². The maximum Gasteiger partial charge on any atom is 0.137 e. The molecule has 208 valence electrons. The number of hydrogen-bond donors (Lipinski definition) is 0. The Kier molecular flexibility index (Phi) is 6.31. The Morgan fingerprint density at radius 2 is 1.57 bits per heavy atom. The van der Waals surface area contributed by atoms with Crippen molar-refractivity contribution in [2.75, 3.05) is 0 Å². The van der Waals surface area contributed by atoms with Gasteiger partial charge in [-0.25, -0.2) is 9.67 Å². The van der Waals surface area contributed by atoms with E-state index in [0.717, 1.165) is 58.3 Å². The highest BCUT2D eigenvalue weighted by Crippen LogP contribution is 2.38. The van der Waals surface area contributed by atoms with Crippen LogP contribution in [0.25, 0.3) is 38.9 Å². The van der Waals surface area contributed by atoms with Gasteiger partial charge in [-0.1, -0.05) is 35.9 Å². The smallest absolute Gasteiger partial charge is 0.137 e. The molecule has 0 aliphatic heterocycles. The molecule has 0 atom stereocenters.